The number of aryl methyl sites for hydroxylation is 3. The summed E-state index contributed by atoms with van der Waals surface area (Å²) < 4.78 is 1.42. The van der Waals surface area contributed by atoms with Gasteiger partial charge >= 0.3 is 112 Å². The van der Waals surface area contributed by atoms with Crippen molar-refractivity contribution in [3.8, 4) is 11.1 Å². The molecule has 5 aromatic rings. The normalized spacial score (nSPS) is 11.8. The molecule has 0 atom stereocenters. The molecule has 0 fully saturated rings. The molecule has 3 heteroatoms. The van der Waals surface area contributed by atoms with Crippen molar-refractivity contribution in [3.63, 3.8) is 0 Å². The van der Waals surface area contributed by atoms with Crippen molar-refractivity contribution < 1.29 is 49.0 Å². The van der Waals surface area contributed by atoms with Crippen LogP contribution < -0.4 is 24.8 Å². The fraction of sp³-hybridized carbons (Fsp3) is 0.388. The van der Waals surface area contributed by atoms with Gasteiger partial charge in [-0.15, -0.1) is 5.56 Å². The third-order valence-corrected chi connectivity index (χ3v) is 11.1. The van der Waals surface area contributed by atoms with Gasteiger partial charge in [0.25, 0.3) is 0 Å². The van der Waals surface area contributed by atoms with Gasteiger partial charge in [0.15, 0.2) is 0 Å². The van der Waals surface area contributed by atoms with Crippen molar-refractivity contribution in [3.05, 3.63) is 159 Å². The van der Waals surface area contributed by atoms with Crippen molar-refractivity contribution in [2.24, 2.45) is 0 Å². The van der Waals surface area contributed by atoms with E-state index in [4.69, 9.17) is 0 Å². The fourth-order valence-corrected chi connectivity index (χ4v) is 6.91. The Morgan fingerprint density at radius 3 is 1.62 bits per heavy atom. The fourth-order valence-electron chi connectivity index (χ4n) is 6.09. The van der Waals surface area contributed by atoms with Crippen LogP contribution in [0, 0.1) is 19.9 Å². The van der Waals surface area contributed by atoms with Gasteiger partial charge in [-0.3, -0.25) is 0 Å². The van der Waals surface area contributed by atoms with E-state index in [-0.39, 0.29) is 35.6 Å². The number of halogens is 2. The van der Waals surface area contributed by atoms with E-state index in [1.54, 1.807) is 0 Å². The monoisotopic (exact) mass is 808 g/mol. The maximum absolute atomic E-state index is 3.53. The molecule has 0 N–H and O–H groups in total. The third kappa shape index (κ3) is 12.6. The number of unbranched alkanes of at least 4 members (excludes halogenated alkanes) is 1. The van der Waals surface area contributed by atoms with Crippen LogP contribution in [0.2, 0.25) is 0 Å². The molecule has 0 radical (unpaired) electrons. The molecular weight excluding hydrogens is 751 g/mol. The van der Waals surface area contributed by atoms with Gasteiger partial charge in [0, 0.05) is 0 Å². The Kier molecular flexibility index (Phi) is 16.9. The molecule has 0 bridgehead atoms. The van der Waals surface area contributed by atoms with Gasteiger partial charge in [-0.2, -0.15) is 52.6 Å². The van der Waals surface area contributed by atoms with Crippen LogP contribution in [0.4, 0.5) is 0 Å². The minimum atomic E-state index is 0. The van der Waals surface area contributed by atoms with Crippen LogP contribution in [-0.2, 0) is 53.3 Å². The number of hydrogen-bond acceptors (Lipinski definition) is 0. The van der Waals surface area contributed by atoms with Gasteiger partial charge < -0.3 is 24.8 Å². The number of fused-ring (bicyclic) bond motifs is 3. The zero-order valence-corrected chi connectivity index (χ0v) is 37.8. The van der Waals surface area contributed by atoms with Crippen LogP contribution >= 0.6 is 0 Å². The first-order valence-electron chi connectivity index (χ1n) is 18.5. The summed E-state index contributed by atoms with van der Waals surface area (Å²) in [6, 6.07) is 39.5. The summed E-state index contributed by atoms with van der Waals surface area (Å²) in [6.45, 7) is 26.9. The molecule has 0 nitrogen and oxygen atoms in total. The second kappa shape index (κ2) is 19.2. The minimum Gasteiger partial charge on any atom is -1.00 e. The molecule has 0 aromatic heterocycles. The van der Waals surface area contributed by atoms with E-state index >= 15 is 0 Å². The number of hydrogen-bond donors (Lipinski definition) is 0. The van der Waals surface area contributed by atoms with Gasteiger partial charge in [0.1, 0.15) is 0 Å². The first kappa shape index (κ1) is 45.7. The molecule has 0 aliphatic heterocycles. The van der Waals surface area contributed by atoms with Crippen LogP contribution in [0.25, 0.3) is 11.1 Å². The Bertz CT molecular complexity index is 1760. The van der Waals surface area contributed by atoms with Crippen LogP contribution in [0.15, 0.2) is 97.1 Å². The average Bonchev–Trinajstić information content (AvgIpc) is 3.69. The zero-order valence-electron chi connectivity index (χ0n) is 33.8. The Morgan fingerprint density at radius 1 is 0.654 bits per heavy atom. The molecule has 1 aliphatic carbocycles. The molecular formula is C49H60Cl2Zr-2. The minimum absolute atomic E-state index is 0. The Labute approximate surface area is 344 Å². The first-order chi connectivity index (χ1) is 23.4. The molecule has 1 aliphatic rings. The van der Waals surface area contributed by atoms with E-state index in [0.717, 1.165) is 6.42 Å². The van der Waals surface area contributed by atoms with Gasteiger partial charge in [-0.25, -0.2) is 6.07 Å². The van der Waals surface area contributed by atoms with Gasteiger partial charge in [-0.05, 0) is 17.4 Å². The summed E-state index contributed by atoms with van der Waals surface area (Å²) in [5, 5.41) is 0. The van der Waals surface area contributed by atoms with E-state index in [1.807, 2.05) is 0 Å². The first-order valence-corrected chi connectivity index (χ1v) is 19.8. The average molecular weight is 811 g/mol. The molecule has 0 amide bonds. The number of rotatable bonds is 5. The predicted molar refractivity (Wildman–Crippen MR) is 216 cm³/mol. The van der Waals surface area contributed by atoms with Crippen LogP contribution in [-0.4, -0.2) is 3.21 Å². The topological polar surface area (TPSA) is 0 Å². The summed E-state index contributed by atoms with van der Waals surface area (Å²) >= 11 is 1.46. The SMILES string of the molecule is CC(C)(C)c1c[c-]c2c(c1)-c1cc(C(C)(C)C)ccc1C2.CCCCc1cc(C(C)(C)C)c[cH-]1.Cc1ccc([C](=[Zr+2])c2ccc(C)cc2)cc1.[Cl-].[Cl-]. The maximum Gasteiger partial charge on any atom is -1.00 e. The summed E-state index contributed by atoms with van der Waals surface area (Å²) in [6.07, 6.45) is 4.87. The van der Waals surface area contributed by atoms with Crippen LogP contribution in [0.1, 0.15) is 138 Å². The second-order valence-corrected chi connectivity index (χ2v) is 18.5. The standard InChI is InChI=1S/C21H25.C15H14.C13H21.2ClH.Zr/c1-20(2,3)16-9-7-14-11-15-8-10-17(21(4,5)6)13-19(15)18(14)12-16;1-12-3-7-14(8-4-12)11-15-9-5-13(2)6-10-15;1-5-6-7-11-8-9-12(10-11)13(2,3)4;;;/h7,9-10,12-13H,11H2,1-6H3;3-10H,1-2H3;8-10H,5-7H2,1-4H3;2*1H;/q-1;;-1;;;+2/p-2. The van der Waals surface area contributed by atoms with Gasteiger partial charge in [0.2, 0.25) is 0 Å². The molecule has 0 saturated carbocycles. The van der Waals surface area contributed by atoms with Crippen molar-refractivity contribution in [1.29, 1.82) is 0 Å². The molecule has 5 aromatic carbocycles. The molecule has 0 unspecified atom stereocenters. The predicted octanol–water partition coefficient (Wildman–Crippen LogP) is 7.13. The van der Waals surface area contributed by atoms with Crippen LogP contribution in [0.3, 0.4) is 0 Å². The van der Waals surface area contributed by atoms with Gasteiger partial charge in [0.05, 0.1) is 0 Å². The molecule has 0 saturated heterocycles. The Hall–Kier alpha value is -2.44. The summed E-state index contributed by atoms with van der Waals surface area (Å²) in [7, 11) is 0. The second-order valence-electron chi connectivity index (χ2n) is 17.3. The van der Waals surface area contributed by atoms with Crippen molar-refractivity contribution >= 4 is 3.21 Å². The molecule has 0 spiro atoms. The van der Waals surface area contributed by atoms with E-state index in [0.29, 0.717) is 5.41 Å². The molecule has 52 heavy (non-hydrogen) atoms. The van der Waals surface area contributed by atoms with Crippen LogP contribution in [0.5, 0.6) is 0 Å². The Morgan fingerprint density at radius 2 is 1.15 bits per heavy atom. The largest absolute Gasteiger partial charge is 1.00 e. The van der Waals surface area contributed by atoms with Crippen molar-refractivity contribution in [1.82, 2.24) is 0 Å². The summed E-state index contributed by atoms with van der Waals surface area (Å²) in [5.74, 6) is 0. The maximum atomic E-state index is 3.53. The number of benzene rings is 4. The molecule has 0 heterocycles. The van der Waals surface area contributed by atoms with Crippen molar-refractivity contribution in [2.45, 2.75) is 125 Å². The molecule has 6 rings (SSSR count). The van der Waals surface area contributed by atoms with E-state index in [1.165, 1.54) is 113 Å². The smallest absolute Gasteiger partial charge is 1.00 e. The zero-order chi connectivity index (χ0) is 36.9. The summed E-state index contributed by atoms with van der Waals surface area (Å²) in [4.78, 5) is 0. The van der Waals surface area contributed by atoms with E-state index in [2.05, 4.69) is 186 Å². The Balaban J connectivity index is 0.000000273. The van der Waals surface area contributed by atoms with Crippen molar-refractivity contribution in [2.75, 3.05) is 0 Å². The quantitative estimate of drug-likeness (QED) is 0.163. The van der Waals surface area contributed by atoms with E-state index in [9.17, 15) is 0 Å². The van der Waals surface area contributed by atoms with E-state index < -0.39 is 0 Å². The third-order valence-electron chi connectivity index (χ3n) is 9.71. The summed E-state index contributed by atoms with van der Waals surface area (Å²) in [5.41, 5.74) is 17.4. The van der Waals surface area contributed by atoms with Gasteiger partial charge in [-0.1, -0.05) is 129 Å². The molecule has 276 valence electrons.